The minimum Gasteiger partial charge on any atom is -0.484 e. The third-order valence-corrected chi connectivity index (χ3v) is 6.29. The van der Waals surface area contributed by atoms with Gasteiger partial charge in [-0.25, -0.2) is 13.1 Å². The predicted molar refractivity (Wildman–Crippen MR) is 108 cm³/mol. The van der Waals surface area contributed by atoms with Crippen LogP contribution in [0.4, 0.5) is 5.69 Å². The number of benzene rings is 2. The fourth-order valence-electron chi connectivity index (χ4n) is 2.95. The molecule has 0 aliphatic carbocycles. The molecule has 0 aromatic heterocycles. The van der Waals surface area contributed by atoms with Crippen molar-refractivity contribution in [2.24, 2.45) is 0 Å². The van der Waals surface area contributed by atoms with Gasteiger partial charge < -0.3 is 9.64 Å². The Morgan fingerprint density at radius 2 is 1.93 bits per heavy atom. The molecule has 0 atom stereocenters. The standard InChI is InChI=1S/C19H21BrN2O4S/c1-13(2)21-27(24,25)17-6-4-16(5-7-17)26-12-19(23)22-10-9-14-11-15(20)3-8-18(14)22/h3-8,11,13,21H,9-10,12H2,1-2H3. The average molecular weight is 453 g/mol. The summed E-state index contributed by atoms with van der Waals surface area (Å²) in [6.45, 7) is 4.05. The van der Waals surface area contributed by atoms with Crippen LogP contribution in [0.15, 0.2) is 51.8 Å². The van der Waals surface area contributed by atoms with Gasteiger partial charge in [-0.05, 0) is 68.3 Å². The third kappa shape index (κ3) is 4.69. The molecule has 1 aliphatic heterocycles. The molecule has 1 N–H and O–H groups in total. The zero-order valence-electron chi connectivity index (χ0n) is 15.1. The maximum atomic E-state index is 12.5. The molecule has 144 valence electrons. The number of nitrogens with one attached hydrogen (secondary N) is 1. The van der Waals surface area contributed by atoms with Crippen LogP contribution in [-0.2, 0) is 21.2 Å². The van der Waals surface area contributed by atoms with E-state index in [4.69, 9.17) is 4.74 Å². The Balaban J connectivity index is 1.62. The molecule has 1 amide bonds. The van der Waals surface area contributed by atoms with Crippen molar-refractivity contribution in [1.29, 1.82) is 0 Å². The number of hydrogen-bond acceptors (Lipinski definition) is 4. The molecule has 2 aromatic rings. The van der Waals surface area contributed by atoms with E-state index in [1.54, 1.807) is 30.9 Å². The summed E-state index contributed by atoms with van der Waals surface area (Å²) in [6, 6.07) is 11.7. The predicted octanol–water partition coefficient (Wildman–Crippen LogP) is 3.10. The SMILES string of the molecule is CC(C)NS(=O)(=O)c1ccc(OCC(=O)N2CCc3cc(Br)ccc32)cc1. The van der Waals surface area contributed by atoms with Gasteiger partial charge in [0.15, 0.2) is 6.61 Å². The number of ether oxygens (including phenoxy) is 1. The van der Waals surface area contributed by atoms with Gasteiger partial charge >= 0.3 is 0 Å². The van der Waals surface area contributed by atoms with E-state index in [1.165, 1.54) is 12.1 Å². The van der Waals surface area contributed by atoms with Crippen molar-refractivity contribution in [3.63, 3.8) is 0 Å². The van der Waals surface area contributed by atoms with E-state index in [2.05, 4.69) is 20.7 Å². The molecule has 0 spiro atoms. The van der Waals surface area contributed by atoms with Crippen LogP contribution in [0.5, 0.6) is 5.75 Å². The number of halogens is 1. The number of carbonyl (C=O) groups is 1. The molecule has 8 heteroatoms. The minimum absolute atomic E-state index is 0.105. The quantitative estimate of drug-likeness (QED) is 0.730. The Bertz CT molecular complexity index is 943. The zero-order valence-corrected chi connectivity index (χ0v) is 17.5. The van der Waals surface area contributed by atoms with E-state index in [9.17, 15) is 13.2 Å². The van der Waals surface area contributed by atoms with Gasteiger partial charge in [0.2, 0.25) is 10.0 Å². The summed E-state index contributed by atoms with van der Waals surface area (Å²) >= 11 is 3.44. The molecule has 0 saturated carbocycles. The number of anilines is 1. The summed E-state index contributed by atoms with van der Waals surface area (Å²) in [5.74, 6) is 0.316. The second-order valence-corrected chi connectivity index (χ2v) is 9.23. The molecule has 0 saturated heterocycles. The van der Waals surface area contributed by atoms with E-state index in [0.717, 1.165) is 22.1 Å². The van der Waals surface area contributed by atoms with Gasteiger partial charge in [0.25, 0.3) is 5.91 Å². The molecule has 0 radical (unpaired) electrons. The molecule has 27 heavy (non-hydrogen) atoms. The highest BCUT2D eigenvalue weighted by molar-refractivity contribution is 9.10. The van der Waals surface area contributed by atoms with Crippen molar-refractivity contribution in [3.8, 4) is 5.75 Å². The largest absolute Gasteiger partial charge is 0.484 e. The molecule has 0 unspecified atom stereocenters. The fourth-order valence-corrected chi connectivity index (χ4v) is 4.61. The number of hydrogen-bond donors (Lipinski definition) is 1. The van der Waals surface area contributed by atoms with Gasteiger partial charge in [0.1, 0.15) is 5.75 Å². The minimum atomic E-state index is -3.54. The summed E-state index contributed by atoms with van der Waals surface area (Å²) in [6.07, 6.45) is 0.815. The van der Waals surface area contributed by atoms with E-state index in [1.807, 2.05) is 18.2 Å². The van der Waals surface area contributed by atoms with Crippen molar-refractivity contribution in [3.05, 3.63) is 52.5 Å². The highest BCUT2D eigenvalue weighted by atomic mass is 79.9. The van der Waals surface area contributed by atoms with Crippen LogP contribution in [0.1, 0.15) is 19.4 Å². The lowest BCUT2D eigenvalue weighted by atomic mass is 10.2. The van der Waals surface area contributed by atoms with Crippen LogP contribution in [0.2, 0.25) is 0 Å². The summed E-state index contributed by atoms with van der Waals surface area (Å²) in [5, 5.41) is 0. The molecular weight excluding hydrogens is 432 g/mol. The van der Waals surface area contributed by atoms with E-state index < -0.39 is 10.0 Å². The maximum Gasteiger partial charge on any atom is 0.264 e. The lowest BCUT2D eigenvalue weighted by Gasteiger charge is -2.18. The van der Waals surface area contributed by atoms with Crippen molar-refractivity contribution in [1.82, 2.24) is 4.72 Å². The first-order chi connectivity index (χ1) is 12.8. The van der Waals surface area contributed by atoms with Crippen LogP contribution in [0.25, 0.3) is 0 Å². The first-order valence-electron chi connectivity index (χ1n) is 8.60. The number of carbonyl (C=O) groups excluding carboxylic acids is 1. The molecule has 3 rings (SSSR count). The Morgan fingerprint density at radius 1 is 1.22 bits per heavy atom. The molecule has 1 heterocycles. The van der Waals surface area contributed by atoms with Gasteiger partial charge in [-0.2, -0.15) is 0 Å². The van der Waals surface area contributed by atoms with E-state index >= 15 is 0 Å². The van der Waals surface area contributed by atoms with Crippen molar-refractivity contribution in [2.75, 3.05) is 18.1 Å². The van der Waals surface area contributed by atoms with Crippen LogP contribution in [0, 0.1) is 0 Å². The van der Waals surface area contributed by atoms with Gasteiger partial charge in [-0.1, -0.05) is 15.9 Å². The zero-order chi connectivity index (χ0) is 19.6. The second kappa shape index (κ2) is 8.00. The second-order valence-electron chi connectivity index (χ2n) is 6.60. The number of rotatable bonds is 6. The maximum absolute atomic E-state index is 12.5. The average Bonchev–Trinajstić information content (AvgIpc) is 3.02. The molecule has 1 aliphatic rings. The monoisotopic (exact) mass is 452 g/mol. The van der Waals surface area contributed by atoms with Crippen molar-refractivity contribution < 1.29 is 17.9 Å². The number of sulfonamides is 1. The first kappa shape index (κ1) is 19.9. The number of fused-ring (bicyclic) bond motifs is 1. The van der Waals surface area contributed by atoms with E-state index in [-0.39, 0.29) is 23.5 Å². The number of nitrogens with zero attached hydrogens (tertiary/aromatic N) is 1. The van der Waals surface area contributed by atoms with Gasteiger partial charge in [-0.15, -0.1) is 0 Å². The third-order valence-electron chi connectivity index (χ3n) is 4.13. The van der Waals surface area contributed by atoms with Crippen molar-refractivity contribution >= 4 is 37.5 Å². The molecule has 2 aromatic carbocycles. The Kier molecular flexibility index (Phi) is 5.88. The van der Waals surface area contributed by atoms with Crippen LogP contribution >= 0.6 is 15.9 Å². The van der Waals surface area contributed by atoms with Crippen LogP contribution < -0.4 is 14.4 Å². The lowest BCUT2D eigenvalue weighted by molar-refractivity contribution is -0.120. The van der Waals surface area contributed by atoms with Gasteiger partial charge in [0.05, 0.1) is 4.90 Å². The lowest BCUT2D eigenvalue weighted by Crippen LogP contribution is -2.33. The summed E-state index contributed by atoms with van der Waals surface area (Å²) < 4.78 is 33.3. The Hall–Kier alpha value is -1.90. The molecule has 0 fully saturated rings. The van der Waals surface area contributed by atoms with Crippen LogP contribution in [-0.4, -0.2) is 33.5 Å². The number of amides is 1. The first-order valence-corrected chi connectivity index (χ1v) is 10.9. The molecule has 6 nitrogen and oxygen atoms in total. The van der Waals surface area contributed by atoms with Crippen LogP contribution in [0.3, 0.4) is 0 Å². The van der Waals surface area contributed by atoms with E-state index in [0.29, 0.717) is 12.3 Å². The molecule has 0 bridgehead atoms. The Morgan fingerprint density at radius 3 is 2.59 bits per heavy atom. The molecular formula is C19H21BrN2O4S. The van der Waals surface area contributed by atoms with Crippen molar-refractivity contribution in [2.45, 2.75) is 31.2 Å². The Labute approximate surface area is 167 Å². The summed E-state index contributed by atoms with van der Waals surface area (Å²) in [4.78, 5) is 14.4. The summed E-state index contributed by atoms with van der Waals surface area (Å²) in [5.41, 5.74) is 2.04. The summed E-state index contributed by atoms with van der Waals surface area (Å²) in [7, 11) is -3.54. The fraction of sp³-hybridized carbons (Fsp3) is 0.316. The van der Waals surface area contributed by atoms with Gasteiger partial charge in [-0.3, -0.25) is 4.79 Å². The highest BCUT2D eigenvalue weighted by Crippen LogP contribution is 2.30. The highest BCUT2D eigenvalue weighted by Gasteiger charge is 2.25. The smallest absolute Gasteiger partial charge is 0.264 e. The van der Waals surface area contributed by atoms with Gasteiger partial charge in [0, 0.05) is 22.7 Å². The topological polar surface area (TPSA) is 75.7 Å². The normalized spacial score (nSPS) is 13.7.